The molecule has 1 heterocycles. The molecule has 0 aliphatic rings. The molecule has 1 N–H and O–H groups in total. The zero-order valence-corrected chi connectivity index (χ0v) is 31.6. The summed E-state index contributed by atoms with van der Waals surface area (Å²) in [4.78, 5) is 41.4. The normalized spacial score (nSPS) is 11.2. The van der Waals surface area contributed by atoms with E-state index in [0.717, 1.165) is 50.2 Å². The summed E-state index contributed by atoms with van der Waals surface area (Å²) in [5, 5.41) is 11.9. The van der Waals surface area contributed by atoms with E-state index in [1.807, 2.05) is 81.6 Å². The number of anilines is 1. The first-order valence-corrected chi connectivity index (χ1v) is 17.1. The number of nitrogens with zero attached hydrogens (tertiary/aromatic N) is 4. The number of rotatable bonds is 9. The van der Waals surface area contributed by atoms with Gasteiger partial charge in [-0.2, -0.15) is 0 Å². The van der Waals surface area contributed by atoms with Crippen molar-refractivity contribution < 1.29 is 24.2 Å². The van der Waals surface area contributed by atoms with Crippen molar-refractivity contribution in [3.63, 3.8) is 0 Å². The van der Waals surface area contributed by atoms with E-state index >= 15 is 0 Å². The standard InChI is InChI=1S/C43H46N4O5/c1-25-11-17-32(27(3)19-25)38-44-39(33-18-12-26(2)20-28(33)4)46-40(45-38)34-22-30(23-36(37(34)48)43(5,6)7)24-47(8)31-15-13-29(14-16-31)21-35(41(49)51-9)42(50)52-10/h11-23,48H,24H2,1-10H3. The van der Waals surface area contributed by atoms with Crippen LogP contribution < -0.4 is 4.90 Å². The van der Waals surface area contributed by atoms with Gasteiger partial charge in [-0.3, -0.25) is 0 Å². The summed E-state index contributed by atoms with van der Waals surface area (Å²) in [5.74, 6) is 0.0429. The molecule has 0 aliphatic carbocycles. The fraction of sp³-hybridized carbons (Fsp3) is 0.279. The van der Waals surface area contributed by atoms with Crippen LogP contribution in [0.2, 0.25) is 0 Å². The molecule has 0 spiro atoms. The van der Waals surface area contributed by atoms with Crippen molar-refractivity contribution in [2.24, 2.45) is 0 Å². The van der Waals surface area contributed by atoms with Gasteiger partial charge >= 0.3 is 11.9 Å². The number of phenolic OH excluding ortho intramolecular Hbond substituents is 1. The van der Waals surface area contributed by atoms with Gasteiger partial charge in [0.2, 0.25) is 0 Å². The molecule has 0 amide bonds. The molecule has 268 valence electrons. The first kappa shape index (κ1) is 37.4. The second kappa shape index (κ2) is 15.2. The Hall–Kier alpha value is -5.83. The number of aryl methyl sites for hydroxylation is 4. The van der Waals surface area contributed by atoms with Crippen molar-refractivity contribution in [1.82, 2.24) is 15.0 Å². The summed E-state index contributed by atoms with van der Waals surface area (Å²) in [6.07, 6.45) is 1.44. The fourth-order valence-electron chi connectivity index (χ4n) is 6.17. The number of carbonyl (C=O) groups is 2. The smallest absolute Gasteiger partial charge is 0.345 e. The quantitative estimate of drug-likeness (QED) is 0.0701. The highest BCUT2D eigenvalue weighted by Crippen LogP contribution is 2.40. The van der Waals surface area contributed by atoms with Crippen molar-refractivity contribution in [2.45, 2.75) is 60.4 Å². The van der Waals surface area contributed by atoms with Gasteiger partial charge in [-0.1, -0.05) is 80.4 Å². The van der Waals surface area contributed by atoms with Crippen LogP contribution >= 0.6 is 0 Å². The van der Waals surface area contributed by atoms with Crippen LogP contribution in [0.4, 0.5) is 5.69 Å². The number of hydrogen-bond donors (Lipinski definition) is 1. The molecule has 5 aromatic rings. The second-order valence-corrected chi connectivity index (χ2v) is 14.2. The Morgan fingerprint density at radius 2 is 1.19 bits per heavy atom. The van der Waals surface area contributed by atoms with E-state index in [9.17, 15) is 14.7 Å². The third-order valence-corrected chi connectivity index (χ3v) is 8.97. The first-order valence-electron chi connectivity index (χ1n) is 17.1. The highest BCUT2D eigenvalue weighted by Gasteiger charge is 2.25. The van der Waals surface area contributed by atoms with Crippen LogP contribution in [-0.4, -0.2) is 53.3 Å². The molecule has 0 bridgehead atoms. The predicted octanol–water partition coefficient (Wildman–Crippen LogP) is 8.48. The molecule has 52 heavy (non-hydrogen) atoms. The van der Waals surface area contributed by atoms with Gasteiger partial charge in [-0.25, -0.2) is 24.5 Å². The predicted molar refractivity (Wildman–Crippen MR) is 206 cm³/mol. The van der Waals surface area contributed by atoms with Gasteiger partial charge < -0.3 is 19.5 Å². The van der Waals surface area contributed by atoms with Gasteiger partial charge in [0.15, 0.2) is 17.5 Å². The van der Waals surface area contributed by atoms with E-state index in [0.29, 0.717) is 35.1 Å². The number of carbonyl (C=O) groups excluding carboxylic acids is 2. The summed E-state index contributed by atoms with van der Waals surface area (Å²) in [6, 6.07) is 23.8. The molecule has 4 aromatic carbocycles. The zero-order valence-electron chi connectivity index (χ0n) is 31.6. The molecule has 0 saturated carbocycles. The lowest BCUT2D eigenvalue weighted by molar-refractivity contribution is -0.143. The summed E-state index contributed by atoms with van der Waals surface area (Å²) < 4.78 is 9.50. The van der Waals surface area contributed by atoms with Gasteiger partial charge in [0.25, 0.3) is 0 Å². The number of aromatic nitrogens is 3. The molecule has 0 aliphatic heterocycles. The van der Waals surface area contributed by atoms with E-state index in [2.05, 4.69) is 51.7 Å². The molecule has 5 rings (SSSR count). The van der Waals surface area contributed by atoms with E-state index < -0.39 is 17.4 Å². The van der Waals surface area contributed by atoms with Crippen LogP contribution in [0.25, 0.3) is 40.2 Å². The summed E-state index contributed by atoms with van der Waals surface area (Å²) in [6.45, 7) is 14.9. The minimum absolute atomic E-state index is 0.131. The Morgan fingerprint density at radius 3 is 1.63 bits per heavy atom. The lowest BCUT2D eigenvalue weighted by Crippen LogP contribution is -2.18. The first-order chi connectivity index (χ1) is 24.6. The van der Waals surface area contributed by atoms with Gasteiger partial charge in [0, 0.05) is 36.0 Å². The molecule has 0 atom stereocenters. The van der Waals surface area contributed by atoms with Crippen LogP contribution in [-0.2, 0) is 31.0 Å². The Labute approximate surface area is 306 Å². The van der Waals surface area contributed by atoms with Crippen molar-refractivity contribution in [2.75, 3.05) is 26.2 Å². The SMILES string of the molecule is COC(=O)C(=Cc1ccc(N(C)Cc2cc(-c3nc(-c4ccc(C)cc4C)nc(-c4ccc(C)cc4C)n3)c(O)c(C(C)(C)C)c2)cc1)C(=O)OC. The zero-order chi connectivity index (χ0) is 37.9. The maximum absolute atomic E-state index is 12.2. The number of aromatic hydroxyl groups is 1. The van der Waals surface area contributed by atoms with E-state index in [-0.39, 0.29) is 11.3 Å². The third kappa shape index (κ3) is 8.20. The molecule has 0 saturated heterocycles. The lowest BCUT2D eigenvalue weighted by atomic mass is 9.83. The minimum atomic E-state index is -0.772. The highest BCUT2D eigenvalue weighted by molar-refractivity contribution is 6.17. The Kier molecular flexibility index (Phi) is 10.9. The van der Waals surface area contributed by atoms with Crippen molar-refractivity contribution in [3.8, 4) is 39.9 Å². The fourth-order valence-corrected chi connectivity index (χ4v) is 6.17. The van der Waals surface area contributed by atoms with Crippen LogP contribution in [0.3, 0.4) is 0 Å². The van der Waals surface area contributed by atoms with E-state index in [4.69, 9.17) is 24.4 Å². The number of phenols is 1. The minimum Gasteiger partial charge on any atom is -0.507 e. The van der Waals surface area contributed by atoms with Gasteiger partial charge in [0.05, 0.1) is 19.8 Å². The van der Waals surface area contributed by atoms with Crippen molar-refractivity contribution in [3.05, 3.63) is 117 Å². The highest BCUT2D eigenvalue weighted by atomic mass is 16.5. The summed E-state index contributed by atoms with van der Waals surface area (Å²) >= 11 is 0. The third-order valence-electron chi connectivity index (χ3n) is 8.97. The average Bonchev–Trinajstić information content (AvgIpc) is 3.10. The maximum atomic E-state index is 12.2. The summed E-state index contributed by atoms with van der Waals surface area (Å²) in [7, 11) is 4.40. The van der Waals surface area contributed by atoms with E-state index in [1.165, 1.54) is 20.3 Å². The van der Waals surface area contributed by atoms with Gasteiger partial charge in [0.1, 0.15) is 11.3 Å². The Bertz CT molecular complexity index is 2090. The number of methoxy groups -OCH3 is 2. The van der Waals surface area contributed by atoms with Gasteiger partial charge in [-0.15, -0.1) is 0 Å². The molecule has 1 aromatic heterocycles. The average molecular weight is 699 g/mol. The number of esters is 2. The summed E-state index contributed by atoms with van der Waals surface area (Å²) in [5.41, 5.74) is 9.38. The molecule has 0 radical (unpaired) electrons. The molecule has 9 heteroatoms. The van der Waals surface area contributed by atoms with Crippen LogP contribution in [0, 0.1) is 27.7 Å². The second-order valence-electron chi connectivity index (χ2n) is 14.2. The van der Waals surface area contributed by atoms with Crippen LogP contribution in [0.15, 0.2) is 78.4 Å². The molecule has 0 fully saturated rings. The molecule has 9 nitrogen and oxygen atoms in total. The molecular formula is C43H46N4O5. The molecular weight excluding hydrogens is 652 g/mol. The lowest BCUT2D eigenvalue weighted by Gasteiger charge is -2.25. The number of ether oxygens (including phenoxy) is 2. The Balaban J connectivity index is 1.60. The molecule has 0 unspecified atom stereocenters. The maximum Gasteiger partial charge on any atom is 0.345 e. The monoisotopic (exact) mass is 698 g/mol. The number of benzene rings is 4. The Morgan fingerprint density at radius 1 is 0.712 bits per heavy atom. The number of hydrogen-bond acceptors (Lipinski definition) is 9. The largest absolute Gasteiger partial charge is 0.507 e. The van der Waals surface area contributed by atoms with Crippen LogP contribution in [0.5, 0.6) is 5.75 Å². The van der Waals surface area contributed by atoms with Crippen LogP contribution in [0.1, 0.15) is 59.7 Å². The van der Waals surface area contributed by atoms with Crippen molar-refractivity contribution >= 4 is 23.7 Å². The van der Waals surface area contributed by atoms with Crippen molar-refractivity contribution in [1.29, 1.82) is 0 Å². The topological polar surface area (TPSA) is 115 Å². The van der Waals surface area contributed by atoms with Gasteiger partial charge in [-0.05, 0) is 85.7 Å². The van der Waals surface area contributed by atoms with E-state index in [1.54, 1.807) is 0 Å².